The van der Waals surface area contributed by atoms with Gasteiger partial charge in [-0.1, -0.05) is 17.7 Å². The lowest BCUT2D eigenvalue weighted by Crippen LogP contribution is -2.43. The summed E-state index contributed by atoms with van der Waals surface area (Å²) in [6, 6.07) is 13.2. The molecule has 0 bridgehead atoms. The van der Waals surface area contributed by atoms with E-state index in [1.54, 1.807) is 35.7 Å². The average Bonchev–Trinajstić information content (AvgIpc) is 3.26. The van der Waals surface area contributed by atoms with E-state index >= 15 is 0 Å². The number of anilines is 2. The summed E-state index contributed by atoms with van der Waals surface area (Å²) in [4.78, 5) is 50.9. The van der Waals surface area contributed by atoms with E-state index in [0.29, 0.717) is 21.9 Å². The number of nitrogens with one attached hydrogen (secondary N) is 2. The van der Waals surface area contributed by atoms with Gasteiger partial charge in [-0.3, -0.25) is 19.0 Å². The first kappa shape index (κ1) is 22.4. The van der Waals surface area contributed by atoms with Crippen LogP contribution in [0, 0.1) is 5.82 Å². The van der Waals surface area contributed by atoms with Gasteiger partial charge in [-0.2, -0.15) is 0 Å². The van der Waals surface area contributed by atoms with Crippen LogP contribution < -0.4 is 21.9 Å². The highest BCUT2D eigenvalue weighted by atomic mass is 35.5. The number of fused-ring (bicyclic) bond motifs is 1. The summed E-state index contributed by atoms with van der Waals surface area (Å²) in [6.07, 6.45) is 0. The Morgan fingerprint density at radius 2 is 1.58 bits per heavy atom. The molecule has 2 aromatic heterocycles. The molecule has 8 nitrogen and oxygen atoms in total. The topological polar surface area (TPSA) is 102 Å². The number of aromatic nitrogens is 2. The fraction of sp³-hybridized carbons (Fsp3) is 0.0909. The molecule has 0 atom stereocenters. The fourth-order valence-corrected chi connectivity index (χ4v) is 4.25. The maximum absolute atomic E-state index is 13.1. The van der Waals surface area contributed by atoms with Crippen molar-refractivity contribution in [2.75, 3.05) is 10.6 Å². The number of hydrogen-bond acceptors (Lipinski definition) is 5. The summed E-state index contributed by atoms with van der Waals surface area (Å²) >= 11 is 7.03. The number of nitrogens with zero attached hydrogens (tertiary/aromatic N) is 2. The second kappa shape index (κ2) is 9.39. The van der Waals surface area contributed by atoms with Crippen molar-refractivity contribution in [1.82, 2.24) is 9.13 Å². The van der Waals surface area contributed by atoms with E-state index in [0.717, 1.165) is 20.5 Å². The van der Waals surface area contributed by atoms with Gasteiger partial charge in [-0.15, -0.1) is 11.3 Å². The smallest absolute Gasteiger partial charge is 0.325 e. The lowest BCUT2D eigenvalue weighted by Gasteiger charge is -2.13. The van der Waals surface area contributed by atoms with Crippen LogP contribution in [0.3, 0.4) is 0 Å². The number of carbonyl (C=O) groups excluding carboxylic acids is 2. The molecule has 11 heteroatoms. The Hall–Kier alpha value is -3.76. The van der Waals surface area contributed by atoms with Gasteiger partial charge in [0.25, 0.3) is 5.56 Å². The summed E-state index contributed by atoms with van der Waals surface area (Å²) < 4.78 is 15.2. The van der Waals surface area contributed by atoms with Crippen molar-refractivity contribution in [3.05, 3.63) is 91.7 Å². The van der Waals surface area contributed by atoms with Crippen LogP contribution in [0.4, 0.5) is 15.8 Å². The van der Waals surface area contributed by atoms with Gasteiger partial charge in [-0.25, -0.2) is 13.8 Å². The lowest BCUT2D eigenvalue weighted by atomic mass is 10.3. The van der Waals surface area contributed by atoms with E-state index in [2.05, 4.69) is 10.6 Å². The largest absolute Gasteiger partial charge is 0.332 e. The van der Waals surface area contributed by atoms with Crippen molar-refractivity contribution in [2.24, 2.45) is 0 Å². The monoisotopic (exact) mass is 486 g/mol. The molecule has 0 saturated heterocycles. The van der Waals surface area contributed by atoms with E-state index in [9.17, 15) is 23.6 Å². The standard InChI is InChI=1S/C22H16ClFN4O4S/c23-13-2-1-3-16(10-13)26-18(29)11-27-17-8-9-33-20(17)21(31)28(22(27)32)12-19(30)25-15-6-4-14(24)5-7-15/h1-10H,11-12H2,(H,25,30)(H,26,29). The van der Waals surface area contributed by atoms with Crippen molar-refractivity contribution < 1.29 is 14.0 Å². The number of carbonyl (C=O) groups is 2. The Bertz CT molecular complexity index is 1480. The minimum atomic E-state index is -0.804. The molecule has 33 heavy (non-hydrogen) atoms. The van der Waals surface area contributed by atoms with Gasteiger partial charge in [0.1, 0.15) is 23.6 Å². The van der Waals surface area contributed by atoms with Crippen LogP contribution in [0.15, 0.2) is 69.6 Å². The molecule has 4 aromatic rings. The maximum Gasteiger partial charge on any atom is 0.332 e. The van der Waals surface area contributed by atoms with E-state index < -0.39 is 35.4 Å². The Kier molecular flexibility index (Phi) is 6.38. The maximum atomic E-state index is 13.1. The van der Waals surface area contributed by atoms with E-state index in [-0.39, 0.29) is 11.2 Å². The third-order valence-electron chi connectivity index (χ3n) is 4.68. The lowest BCUT2D eigenvalue weighted by molar-refractivity contribution is -0.117. The number of thiophene rings is 1. The number of amides is 2. The van der Waals surface area contributed by atoms with Gasteiger partial charge in [0, 0.05) is 16.4 Å². The molecule has 0 aliphatic heterocycles. The molecule has 2 amide bonds. The second-order valence-corrected chi connectivity index (χ2v) is 8.36. The average molecular weight is 487 g/mol. The van der Waals surface area contributed by atoms with Crippen LogP contribution in [0.5, 0.6) is 0 Å². The molecule has 0 aliphatic rings. The van der Waals surface area contributed by atoms with Crippen LogP contribution in [-0.2, 0) is 22.7 Å². The molecule has 2 heterocycles. The summed E-state index contributed by atoms with van der Waals surface area (Å²) in [6.45, 7) is -0.947. The van der Waals surface area contributed by atoms with Crippen molar-refractivity contribution in [1.29, 1.82) is 0 Å². The molecule has 0 aliphatic carbocycles. The summed E-state index contributed by atoms with van der Waals surface area (Å²) in [5.74, 6) is -1.62. The highest BCUT2D eigenvalue weighted by molar-refractivity contribution is 7.17. The predicted octanol–water partition coefficient (Wildman–Crippen LogP) is 3.29. The van der Waals surface area contributed by atoms with Gasteiger partial charge in [0.15, 0.2) is 0 Å². The summed E-state index contributed by atoms with van der Waals surface area (Å²) in [7, 11) is 0. The molecular weight excluding hydrogens is 471 g/mol. The summed E-state index contributed by atoms with van der Waals surface area (Å²) in [5.41, 5.74) is -0.374. The zero-order valence-corrected chi connectivity index (χ0v) is 18.5. The Labute approximate surface area is 194 Å². The third-order valence-corrected chi connectivity index (χ3v) is 5.80. The summed E-state index contributed by atoms with van der Waals surface area (Å²) in [5, 5.41) is 7.22. The van der Waals surface area contributed by atoms with Crippen LogP contribution in [0.2, 0.25) is 5.02 Å². The zero-order valence-electron chi connectivity index (χ0n) is 16.9. The first-order chi connectivity index (χ1) is 15.8. The van der Waals surface area contributed by atoms with E-state index in [4.69, 9.17) is 11.6 Å². The molecule has 2 N–H and O–H groups in total. The zero-order chi connectivity index (χ0) is 23.5. The number of hydrogen-bond donors (Lipinski definition) is 2. The molecule has 2 aromatic carbocycles. The van der Waals surface area contributed by atoms with Gasteiger partial charge < -0.3 is 10.6 Å². The van der Waals surface area contributed by atoms with Crippen molar-refractivity contribution in [3.63, 3.8) is 0 Å². The SMILES string of the molecule is O=C(Cn1c(=O)c2sccc2n(CC(=O)Nc2cccc(Cl)c2)c1=O)Nc1ccc(F)cc1. The first-order valence-electron chi connectivity index (χ1n) is 9.63. The van der Waals surface area contributed by atoms with Crippen molar-refractivity contribution >= 4 is 56.3 Å². The molecule has 0 radical (unpaired) electrons. The van der Waals surface area contributed by atoms with Crippen molar-refractivity contribution in [2.45, 2.75) is 13.1 Å². The van der Waals surface area contributed by atoms with Gasteiger partial charge in [0.05, 0.1) is 5.52 Å². The fourth-order valence-electron chi connectivity index (χ4n) is 3.21. The molecule has 168 valence electrons. The van der Waals surface area contributed by atoms with Crippen LogP contribution >= 0.6 is 22.9 Å². The van der Waals surface area contributed by atoms with E-state index in [1.807, 2.05) is 0 Å². The molecule has 0 fully saturated rings. The van der Waals surface area contributed by atoms with Crippen LogP contribution in [0.1, 0.15) is 0 Å². The van der Waals surface area contributed by atoms with Crippen LogP contribution in [0.25, 0.3) is 10.2 Å². The van der Waals surface area contributed by atoms with Crippen LogP contribution in [-0.4, -0.2) is 20.9 Å². The Morgan fingerprint density at radius 1 is 0.909 bits per heavy atom. The Balaban J connectivity index is 1.62. The molecule has 0 spiro atoms. The number of rotatable bonds is 6. The normalized spacial score (nSPS) is 10.8. The van der Waals surface area contributed by atoms with Crippen molar-refractivity contribution in [3.8, 4) is 0 Å². The highest BCUT2D eigenvalue weighted by Crippen LogP contribution is 2.17. The van der Waals surface area contributed by atoms with Gasteiger partial charge in [0.2, 0.25) is 11.8 Å². The van der Waals surface area contributed by atoms with Gasteiger partial charge in [-0.05, 0) is 53.9 Å². The number of halogens is 2. The first-order valence-corrected chi connectivity index (χ1v) is 10.9. The minimum Gasteiger partial charge on any atom is -0.325 e. The minimum absolute atomic E-state index is 0.236. The highest BCUT2D eigenvalue weighted by Gasteiger charge is 2.18. The number of benzene rings is 2. The Morgan fingerprint density at radius 3 is 2.27 bits per heavy atom. The predicted molar refractivity (Wildman–Crippen MR) is 125 cm³/mol. The molecule has 0 saturated carbocycles. The van der Waals surface area contributed by atoms with Gasteiger partial charge >= 0.3 is 5.69 Å². The quantitative estimate of drug-likeness (QED) is 0.436. The molecular formula is C22H16ClFN4O4S. The van der Waals surface area contributed by atoms with E-state index in [1.165, 1.54) is 24.3 Å². The third kappa shape index (κ3) is 5.02. The molecule has 0 unspecified atom stereocenters. The molecule has 4 rings (SSSR count). The second-order valence-electron chi connectivity index (χ2n) is 7.01.